The predicted octanol–water partition coefficient (Wildman–Crippen LogP) is 6.35. The molecule has 2 unspecified atom stereocenters. The summed E-state index contributed by atoms with van der Waals surface area (Å²) in [6.45, 7) is 5.56. The maximum absolute atomic E-state index is 13.8. The van der Waals surface area contributed by atoms with Crippen LogP contribution in [0.1, 0.15) is 76.0 Å². The van der Waals surface area contributed by atoms with E-state index in [1.807, 2.05) is 35.4 Å². The van der Waals surface area contributed by atoms with E-state index in [-0.39, 0.29) is 57.1 Å². The van der Waals surface area contributed by atoms with E-state index in [0.29, 0.717) is 55.4 Å². The van der Waals surface area contributed by atoms with Gasteiger partial charge in [0.2, 0.25) is 16.0 Å². The van der Waals surface area contributed by atoms with Gasteiger partial charge in [-0.2, -0.15) is 0 Å². The second kappa shape index (κ2) is 24.6. The summed E-state index contributed by atoms with van der Waals surface area (Å²) in [6.07, 6.45) is 6.51. The van der Waals surface area contributed by atoms with Crippen molar-refractivity contribution in [2.45, 2.75) is 82.2 Å². The number of cyclic esters (lactones) is 1. The summed E-state index contributed by atoms with van der Waals surface area (Å²) in [5, 5.41) is 0.724. The number of unbranched alkanes of at least 4 members (excludes halogenated alkanes) is 1. The van der Waals surface area contributed by atoms with E-state index in [0.717, 1.165) is 35.1 Å². The van der Waals surface area contributed by atoms with Crippen LogP contribution in [0, 0.1) is 5.82 Å². The minimum absolute atomic E-state index is 0.0552. The maximum Gasteiger partial charge on any atom is 0.508 e. The van der Waals surface area contributed by atoms with Crippen molar-refractivity contribution < 1.29 is 60.3 Å². The van der Waals surface area contributed by atoms with Gasteiger partial charge in [0, 0.05) is 42.0 Å². The predicted molar refractivity (Wildman–Crippen MR) is 219 cm³/mol. The summed E-state index contributed by atoms with van der Waals surface area (Å²) in [5.41, 5.74) is 1.90. The van der Waals surface area contributed by atoms with Crippen molar-refractivity contribution in [2.75, 3.05) is 76.2 Å². The second-order valence-electron chi connectivity index (χ2n) is 13.9. The van der Waals surface area contributed by atoms with Gasteiger partial charge in [-0.3, -0.25) is 9.59 Å². The van der Waals surface area contributed by atoms with Crippen LogP contribution in [0.3, 0.4) is 0 Å². The summed E-state index contributed by atoms with van der Waals surface area (Å²) in [7, 11) is 1.53. The number of carbonyl (C=O) groups excluding carboxylic acids is 3. The number of halogens is 1. The molecule has 3 atom stereocenters. The maximum atomic E-state index is 13.8. The number of anilines is 1. The first-order valence-corrected chi connectivity index (χ1v) is 23.5. The Kier molecular flexibility index (Phi) is 20.0. The van der Waals surface area contributed by atoms with Crippen LogP contribution >= 0.6 is 21.6 Å². The van der Waals surface area contributed by atoms with Crippen LogP contribution < -0.4 is 4.31 Å². The number of sulfonamides is 1. The number of aromatic nitrogens is 2. The molecule has 0 N–H and O–H groups in total. The van der Waals surface area contributed by atoms with E-state index >= 15 is 0 Å². The monoisotopic (exact) mass is 871 g/mol. The first kappa shape index (κ1) is 47.2. The van der Waals surface area contributed by atoms with Crippen LogP contribution in [0.25, 0.3) is 17.3 Å². The van der Waals surface area contributed by atoms with Gasteiger partial charge in [0.25, 0.3) is 0 Å². The first-order valence-electron chi connectivity index (χ1n) is 19.3. The molecule has 1 aromatic carbocycles. The SMILES string of the molecule is CC(C)c1nc(N(C)S(C)(=O)=O)nc(-c2ccc(F)cc2)c1/C=C/C1C[C@@H](OC(=O)OCCOCCOCCOCCOC(=O)CCCCC2CCSS2)CC(=O)O1. The third kappa shape index (κ3) is 16.6. The fourth-order valence-corrected chi connectivity index (χ4v) is 9.19. The number of nitrogens with zero attached hydrogens (tertiary/aromatic N) is 3. The highest BCUT2D eigenvalue weighted by atomic mass is 33.1. The Balaban J connectivity index is 1.13. The molecule has 4 rings (SSSR count). The lowest BCUT2D eigenvalue weighted by molar-refractivity contribution is -0.157. The fourth-order valence-electron chi connectivity index (χ4n) is 5.79. The standard InChI is InChI=1S/C39H54FN3O12S3/c1-27(2)36-33(37(28-9-11-29(40)12-10-28)42-38(41-36)43(3)58(4,47)48)14-13-30-25-31(26-35(45)54-30)55-39(46)53-23-21-51-19-17-49-16-18-50-20-22-52-34(44)8-6-5-7-32-15-24-56-57-32/h9-14,27,30-32H,5-8,15-26H2,1-4H3/b14-13+/t30?,31-,32?/m1/s1. The zero-order valence-electron chi connectivity index (χ0n) is 33.4. The van der Waals surface area contributed by atoms with Gasteiger partial charge in [-0.15, -0.1) is 0 Å². The third-order valence-corrected chi connectivity index (χ3v) is 13.1. The molecule has 2 aromatic rings. The average Bonchev–Trinajstić information content (AvgIpc) is 3.70. The Bertz CT molecular complexity index is 1760. The van der Waals surface area contributed by atoms with Crippen molar-refractivity contribution in [1.82, 2.24) is 9.97 Å². The van der Waals surface area contributed by atoms with Crippen LogP contribution in [-0.2, 0) is 52.8 Å². The highest BCUT2D eigenvalue weighted by Gasteiger charge is 2.31. The average molecular weight is 872 g/mol. The summed E-state index contributed by atoms with van der Waals surface area (Å²) < 4.78 is 77.0. The Morgan fingerprint density at radius 3 is 2.26 bits per heavy atom. The molecule has 0 spiro atoms. The van der Waals surface area contributed by atoms with E-state index in [9.17, 15) is 27.2 Å². The van der Waals surface area contributed by atoms with E-state index in [1.165, 1.54) is 43.5 Å². The Morgan fingerprint density at radius 1 is 0.983 bits per heavy atom. The number of carbonyl (C=O) groups is 3. The lowest BCUT2D eigenvalue weighted by Crippen LogP contribution is -2.34. The van der Waals surface area contributed by atoms with Crippen molar-refractivity contribution in [1.29, 1.82) is 0 Å². The second-order valence-corrected chi connectivity index (χ2v) is 18.7. The lowest BCUT2D eigenvalue weighted by atomic mass is 9.97. The van der Waals surface area contributed by atoms with Crippen molar-refractivity contribution in [3.05, 3.63) is 47.4 Å². The molecule has 3 heterocycles. The van der Waals surface area contributed by atoms with Crippen LogP contribution in [0.15, 0.2) is 30.3 Å². The number of esters is 2. The van der Waals surface area contributed by atoms with Crippen molar-refractivity contribution in [3.63, 3.8) is 0 Å². The van der Waals surface area contributed by atoms with E-state index < -0.39 is 40.2 Å². The van der Waals surface area contributed by atoms with Crippen LogP contribution in [0.2, 0.25) is 0 Å². The van der Waals surface area contributed by atoms with Crippen LogP contribution in [0.5, 0.6) is 0 Å². The quantitative estimate of drug-likeness (QED) is 0.0493. The van der Waals surface area contributed by atoms with Crippen molar-refractivity contribution in [2.24, 2.45) is 0 Å². The molecule has 1 aromatic heterocycles. The van der Waals surface area contributed by atoms with Gasteiger partial charge in [-0.05, 0) is 55.5 Å². The van der Waals surface area contributed by atoms with Crippen LogP contribution in [0.4, 0.5) is 15.1 Å². The van der Waals surface area contributed by atoms with Gasteiger partial charge >= 0.3 is 18.1 Å². The molecule has 0 aliphatic carbocycles. The summed E-state index contributed by atoms with van der Waals surface area (Å²) in [5.74, 6) is -0.249. The normalized spacial score (nSPS) is 18.4. The molecule has 2 aliphatic heterocycles. The number of hydrogen-bond donors (Lipinski definition) is 0. The largest absolute Gasteiger partial charge is 0.508 e. The molecule has 0 bridgehead atoms. The molecule has 322 valence electrons. The van der Waals surface area contributed by atoms with Crippen LogP contribution in [-0.4, -0.2) is 126 Å². The molecule has 2 aliphatic rings. The molecule has 2 fully saturated rings. The molecule has 58 heavy (non-hydrogen) atoms. The first-order chi connectivity index (χ1) is 27.8. The van der Waals surface area contributed by atoms with Gasteiger partial charge in [0.05, 0.1) is 63.7 Å². The van der Waals surface area contributed by atoms with Crippen molar-refractivity contribution >= 4 is 61.7 Å². The number of benzene rings is 1. The minimum atomic E-state index is -3.70. The van der Waals surface area contributed by atoms with E-state index in [2.05, 4.69) is 9.97 Å². The summed E-state index contributed by atoms with van der Waals surface area (Å²) >= 11 is 0. The number of ether oxygens (including phenoxy) is 7. The number of hydrogen-bond acceptors (Lipinski definition) is 16. The smallest absolute Gasteiger partial charge is 0.463 e. The highest BCUT2D eigenvalue weighted by molar-refractivity contribution is 8.77. The van der Waals surface area contributed by atoms with Gasteiger partial charge in [0.15, 0.2) is 0 Å². The van der Waals surface area contributed by atoms with Gasteiger partial charge < -0.3 is 33.2 Å². The molecule has 0 radical (unpaired) electrons. The van der Waals surface area contributed by atoms with E-state index in [4.69, 9.17) is 33.2 Å². The summed E-state index contributed by atoms with van der Waals surface area (Å²) in [4.78, 5) is 45.8. The lowest BCUT2D eigenvalue weighted by Gasteiger charge is -2.26. The molecular formula is C39H54FN3O12S3. The Labute approximate surface area is 347 Å². The molecule has 0 saturated carbocycles. The van der Waals surface area contributed by atoms with Gasteiger partial charge in [-0.1, -0.05) is 47.9 Å². The Hall–Kier alpha value is -3.49. The topological polar surface area (TPSA) is 179 Å². The Morgan fingerprint density at radius 2 is 1.64 bits per heavy atom. The molecule has 15 nitrogen and oxygen atoms in total. The molecule has 2 saturated heterocycles. The molecular weight excluding hydrogens is 818 g/mol. The van der Waals surface area contributed by atoms with Crippen molar-refractivity contribution in [3.8, 4) is 11.3 Å². The minimum Gasteiger partial charge on any atom is -0.463 e. The molecule has 0 amide bonds. The molecule has 19 heteroatoms. The van der Waals surface area contributed by atoms with E-state index in [1.54, 1.807) is 12.2 Å². The van der Waals surface area contributed by atoms with Gasteiger partial charge in [-0.25, -0.2) is 31.9 Å². The zero-order valence-corrected chi connectivity index (χ0v) is 35.9. The third-order valence-electron chi connectivity index (χ3n) is 8.89. The summed E-state index contributed by atoms with van der Waals surface area (Å²) in [6, 6.07) is 5.59. The number of rotatable bonds is 24. The highest BCUT2D eigenvalue weighted by Crippen LogP contribution is 2.40. The van der Waals surface area contributed by atoms with Gasteiger partial charge in [0.1, 0.15) is 31.2 Å². The zero-order chi connectivity index (χ0) is 41.9. The fraction of sp³-hybridized carbons (Fsp3) is 0.615.